The number of benzene rings is 1. The molecule has 0 atom stereocenters. The SMILES string of the molecule is CCCCCCCCCCCCCCCC(=O)Oc1cccc2c1N=C(CC(=O)OC(C)(C)C)N(CCOC)S2(=O)=O. The molecular formula is C32H52N2O7S. The van der Waals surface area contributed by atoms with E-state index in [1.807, 2.05) is 0 Å². The molecule has 0 N–H and O–H groups in total. The van der Waals surface area contributed by atoms with Crippen LogP contribution in [0.15, 0.2) is 28.1 Å². The van der Waals surface area contributed by atoms with Crippen molar-refractivity contribution in [3.05, 3.63) is 18.2 Å². The minimum atomic E-state index is -4.07. The number of nitrogens with zero attached hydrogens (tertiary/aromatic N) is 2. The largest absolute Gasteiger partial charge is 0.460 e. The molecule has 1 heterocycles. The molecular weight excluding hydrogens is 556 g/mol. The van der Waals surface area contributed by atoms with Crippen molar-refractivity contribution in [3.8, 4) is 5.75 Å². The molecule has 10 heteroatoms. The first-order valence-electron chi connectivity index (χ1n) is 15.6. The van der Waals surface area contributed by atoms with Crippen LogP contribution in [-0.4, -0.2) is 56.4 Å². The van der Waals surface area contributed by atoms with Gasteiger partial charge in [0, 0.05) is 13.5 Å². The molecule has 1 aliphatic rings. The number of carbonyl (C=O) groups is 2. The molecule has 42 heavy (non-hydrogen) atoms. The van der Waals surface area contributed by atoms with Crippen molar-refractivity contribution < 1.29 is 32.2 Å². The number of methoxy groups -OCH3 is 1. The number of hydrogen-bond donors (Lipinski definition) is 0. The molecule has 9 nitrogen and oxygen atoms in total. The molecule has 0 aromatic heterocycles. The Morgan fingerprint density at radius 2 is 1.43 bits per heavy atom. The Kier molecular flexibility index (Phi) is 15.5. The van der Waals surface area contributed by atoms with Crippen LogP contribution < -0.4 is 4.74 Å². The van der Waals surface area contributed by atoms with Crippen molar-refractivity contribution in [2.75, 3.05) is 20.3 Å². The Balaban J connectivity index is 1.93. The monoisotopic (exact) mass is 608 g/mol. The second-order valence-electron chi connectivity index (χ2n) is 11.9. The van der Waals surface area contributed by atoms with E-state index in [-0.39, 0.29) is 48.2 Å². The fourth-order valence-electron chi connectivity index (χ4n) is 4.86. The number of fused-ring (bicyclic) bond motifs is 1. The van der Waals surface area contributed by atoms with Crippen LogP contribution in [0.4, 0.5) is 5.69 Å². The van der Waals surface area contributed by atoms with Crippen LogP contribution in [0.5, 0.6) is 5.75 Å². The first kappa shape index (κ1) is 35.7. The van der Waals surface area contributed by atoms with Crippen molar-refractivity contribution in [1.29, 1.82) is 0 Å². The van der Waals surface area contributed by atoms with Crippen LogP contribution in [0.1, 0.15) is 124 Å². The predicted molar refractivity (Wildman–Crippen MR) is 166 cm³/mol. The third-order valence-electron chi connectivity index (χ3n) is 6.99. The fourth-order valence-corrected chi connectivity index (χ4v) is 6.44. The molecule has 1 aromatic rings. The van der Waals surface area contributed by atoms with Gasteiger partial charge in [-0.25, -0.2) is 13.4 Å². The Bertz CT molecular complexity index is 1130. The Morgan fingerprint density at radius 3 is 1.98 bits per heavy atom. The topological polar surface area (TPSA) is 112 Å². The van der Waals surface area contributed by atoms with Crippen LogP contribution >= 0.6 is 0 Å². The van der Waals surface area contributed by atoms with E-state index in [1.54, 1.807) is 20.8 Å². The maximum atomic E-state index is 13.5. The summed E-state index contributed by atoms with van der Waals surface area (Å²) >= 11 is 0. The van der Waals surface area contributed by atoms with E-state index in [9.17, 15) is 18.0 Å². The highest BCUT2D eigenvalue weighted by Crippen LogP contribution is 2.40. The van der Waals surface area contributed by atoms with Crippen LogP contribution in [0, 0.1) is 0 Å². The zero-order valence-electron chi connectivity index (χ0n) is 26.4. The number of ether oxygens (including phenoxy) is 3. The minimum absolute atomic E-state index is 0.00575. The number of amidine groups is 1. The van der Waals surface area contributed by atoms with Crippen LogP contribution in [0.3, 0.4) is 0 Å². The second-order valence-corrected chi connectivity index (χ2v) is 13.8. The minimum Gasteiger partial charge on any atom is -0.460 e. The lowest BCUT2D eigenvalue weighted by Gasteiger charge is -2.30. The van der Waals surface area contributed by atoms with E-state index in [1.165, 1.54) is 89.5 Å². The van der Waals surface area contributed by atoms with E-state index in [4.69, 9.17) is 14.2 Å². The van der Waals surface area contributed by atoms with Crippen molar-refractivity contribution in [3.63, 3.8) is 0 Å². The molecule has 1 aromatic carbocycles. The highest BCUT2D eigenvalue weighted by Gasteiger charge is 2.37. The van der Waals surface area contributed by atoms with Gasteiger partial charge in [-0.3, -0.25) is 13.9 Å². The summed E-state index contributed by atoms with van der Waals surface area (Å²) in [5.74, 6) is -0.994. The molecule has 0 saturated heterocycles. The Labute approximate surface area is 253 Å². The first-order chi connectivity index (χ1) is 20.0. The van der Waals surface area contributed by atoms with Gasteiger partial charge in [0.2, 0.25) is 0 Å². The summed E-state index contributed by atoms with van der Waals surface area (Å²) in [6.07, 6.45) is 15.6. The lowest BCUT2D eigenvalue weighted by molar-refractivity contribution is -0.153. The summed E-state index contributed by atoms with van der Waals surface area (Å²) in [6.45, 7) is 7.52. The van der Waals surface area contributed by atoms with Gasteiger partial charge in [-0.15, -0.1) is 0 Å². The van der Waals surface area contributed by atoms with Gasteiger partial charge in [0.25, 0.3) is 10.0 Å². The maximum absolute atomic E-state index is 13.5. The number of para-hydroxylation sites is 1. The number of carbonyl (C=O) groups excluding carboxylic acids is 2. The number of hydrogen-bond acceptors (Lipinski definition) is 8. The van der Waals surface area contributed by atoms with E-state index in [0.717, 1.165) is 17.1 Å². The summed E-state index contributed by atoms with van der Waals surface area (Å²) in [4.78, 5) is 29.7. The highest BCUT2D eigenvalue weighted by atomic mass is 32.2. The summed E-state index contributed by atoms with van der Waals surface area (Å²) in [6, 6.07) is 4.46. The first-order valence-corrected chi connectivity index (χ1v) is 17.1. The zero-order valence-corrected chi connectivity index (χ0v) is 27.2. The van der Waals surface area contributed by atoms with Gasteiger partial charge >= 0.3 is 11.9 Å². The maximum Gasteiger partial charge on any atom is 0.314 e. The zero-order chi connectivity index (χ0) is 31.0. The molecule has 0 spiro atoms. The number of aliphatic imine (C=N–C) groups is 1. The van der Waals surface area contributed by atoms with E-state index in [0.29, 0.717) is 6.42 Å². The third-order valence-corrected chi connectivity index (χ3v) is 8.85. The Morgan fingerprint density at radius 1 is 0.857 bits per heavy atom. The van der Waals surface area contributed by atoms with Crippen molar-refractivity contribution >= 4 is 33.5 Å². The summed E-state index contributed by atoms with van der Waals surface area (Å²) in [5, 5.41) is 0. The number of unbranched alkanes of at least 4 members (excludes halogenated alkanes) is 12. The normalized spacial score (nSPS) is 14.3. The van der Waals surface area contributed by atoms with E-state index in [2.05, 4.69) is 11.9 Å². The van der Waals surface area contributed by atoms with Gasteiger partial charge in [0.05, 0.1) is 13.2 Å². The van der Waals surface area contributed by atoms with Crippen LogP contribution in [-0.2, 0) is 29.1 Å². The van der Waals surface area contributed by atoms with Gasteiger partial charge in [-0.1, -0.05) is 90.0 Å². The summed E-state index contributed by atoms with van der Waals surface area (Å²) in [7, 11) is -2.61. The van der Waals surface area contributed by atoms with Crippen LogP contribution in [0.2, 0.25) is 0 Å². The quantitative estimate of drug-likeness (QED) is 0.0857. The summed E-state index contributed by atoms with van der Waals surface area (Å²) < 4.78 is 44.2. The second kappa shape index (κ2) is 18.3. The molecule has 0 unspecified atom stereocenters. The van der Waals surface area contributed by atoms with Gasteiger partial charge in [0.1, 0.15) is 28.4 Å². The number of esters is 2. The van der Waals surface area contributed by atoms with Gasteiger partial charge < -0.3 is 14.2 Å². The van der Waals surface area contributed by atoms with Gasteiger partial charge in [-0.2, -0.15) is 0 Å². The van der Waals surface area contributed by atoms with E-state index >= 15 is 0 Å². The number of rotatable bonds is 20. The standard InChI is InChI=1S/C32H52N2O7S/c1-6-7-8-9-10-11-12-13-14-15-16-17-18-22-29(35)40-26-20-19-21-27-31(26)33-28(25-30(36)41-32(2,3)4)34(23-24-39-5)42(27,37)38/h19-21H,6-18,22-25H2,1-5H3. The molecule has 0 saturated carbocycles. The molecule has 0 bridgehead atoms. The van der Waals surface area contributed by atoms with Gasteiger partial charge in [-0.05, 0) is 39.3 Å². The molecule has 238 valence electrons. The predicted octanol–water partition coefficient (Wildman–Crippen LogP) is 7.49. The molecule has 0 radical (unpaired) electrons. The summed E-state index contributed by atoms with van der Waals surface area (Å²) in [5.41, 5.74) is -0.724. The smallest absolute Gasteiger partial charge is 0.314 e. The average molecular weight is 609 g/mol. The molecule has 0 aliphatic carbocycles. The molecule has 0 fully saturated rings. The lowest BCUT2D eigenvalue weighted by atomic mass is 10.0. The van der Waals surface area contributed by atoms with Gasteiger partial charge in [0.15, 0.2) is 5.75 Å². The lowest BCUT2D eigenvalue weighted by Crippen LogP contribution is -2.42. The number of sulfonamides is 1. The molecule has 0 amide bonds. The molecule has 1 aliphatic heterocycles. The van der Waals surface area contributed by atoms with E-state index < -0.39 is 27.6 Å². The molecule has 2 rings (SSSR count). The van der Waals surface area contributed by atoms with Crippen LogP contribution in [0.25, 0.3) is 0 Å². The van der Waals surface area contributed by atoms with Crippen molar-refractivity contribution in [2.24, 2.45) is 4.99 Å². The highest BCUT2D eigenvalue weighted by molar-refractivity contribution is 7.90. The van der Waals surface area contributed by atoms with Crippen molar-refractivity contribution in [1.82, 2.24) is 4.31 Å². The average Bonchev–Trinajstić information content (AvgIpc) is 2.90. The van der Waals surface area contributed by atoms with Crippen molar-refractivity contribution in [2.45, 2.75) is 135 Å². The Hall–Kier alpha value is -2.46. The fraction of sp³-hybridized carbons (Fsp3) is 0.719. The third kappa shape index (κ3) is 12.4.